The molecule has 0 spiro atoms. The first-order valence-corrected chi connectivity index (χ1v) is 5.63. The Labute approximate surface area is 93.8 Å². The van der Waals surface area contributed by atoms with Crippen LogP contribution in [-0.2, 0) is 0 Å². The monoisotopic (exact) mass is 217 g/mol. The highest BCUT2D eigenvalue weighted by molar-refractivity contribution is 5.88. The lowest BCUT2D eigenvalue weighted by Gasteiger charge is -2.42. The predicted molar refractivity (Wildman–Crippen MR) is 63.3 cm³/mol. The Bertz CT molecular complexity index is 496. The van der Waals surface area contributed by atoms with Crippen LogP contribution in [0, 0.1) is 0 Å². The molecule has 2 heterocycles. The maximum absolute atomic E-state index is 5.82. The second-order valence-corrected chi connectivity index (χ2v) is 4.45. The topological polar surface area (TPSA) is 64.1 Å². The molecule has 1 saturated carbocycles. The van der Waals surface area contributed by atoms with Crippen LogP contribution >= 0.6 is 0 Å². The van der Waals surface area contributed by atoms with Gasteiger partial charge in [0.25, 0.3) is 0 Å². The molecular weight excluding hydrogens is 202 g/mol. The lowest BCUT2D eigenvalue weighted by molar-refractivity contribution is 0.287. The van der Waals surface area contributed by atoms with Crippen molar-refractivity contribution < 1.29 is 4.42 Å². The second-order valence-electron chi connectivity index (χ2n) is 4.45. The summed E-state index contributed by atoms with van der Waals surface area (Å²) in [5, 5.41) is 4.50. The number of anilines is 1. The van der Waals surface area contributed by atoms with Gasteiger partial charge in [0.15, 0.2) is 0 Å². The van der Waals surface area contributed by atoms with E-state index < -0.39 is 0 Å². The summed E-state index contributed by atoms with van der Waals surface area (Å²) in [5.74, 6) is 0.886. The number of pyridine rings is 1. The van der Waals surface area contributed by atoms with Crippen molar-refractivity contribution in [2.24, 2.45) is 5.73 Å². The van der Waals surface area contributed by atoms with Crippen LogP contribution in [0.1, 0.15) is 19.3 Å². The molecular formula is C12H15N3O. The van der Waals surface area contributed by atoms with Gasteiger partial charge in [-0.25, -0.2) is 4.98 Å². The molecule has 4 heteroatoms. The smallest absolute Gasteiger partial charge is 0.139 e. The van der Waals surface area contributed by atoms with Gasteiger partial charge in [0.05, 0.1) is 17.2 Å². The zero-order valence-electron chi connectivity index (χ0n) is 9.07. The molecule has 0 unspecified atom stereocenters. The van der Waals surface area contributed by atoms with Crippen molar-refractivity contribution in [1.29, 1.82) is 0 Å². The number of nitrogens with zero attached hydrogens (tertiary/aromatic N) is 1. The molecule has 0 saturated heterocycles. The van der Waals surface area contributed by atoms with Crippen LogP contribution < -0.4 is 11.1 Å². The fourth-order valence-electron chi connectivity index (χ4n) is 2.23. The lowest BCUT2D eigenvalue weighted by atomic mass is 9.77. The highest BCUT2D eigenvalue weighted by Crippen LogP contribution is 2.35. The minimum atomic E-state index is 0.0541. The summed E-state index contributed by atoms with van der Waals surface area (Å²) in [6, 6.07) is 3.81. The van der Waals surface area contributed by atoms with Crippen LogP contribution in [0.4, 0.5) is 5.82 Å². The predicted octanol–water partition coefficient (Wildman–Crippen LogP) is 2.12. The fraction of sp³-hybridized carbons (Fsp3) is 0.417. The zero-order valence-corrected chi connectivity index (χ0v) is 9.07. The Morgan fingerprint density at radius 2 is 2.31 bits per heavy atom. The molecule has 0 bridgehead atoms. The van der Waals surface area contributed by atoms with Crippen LogP contribution in [-0.4, -0.2) is 17.1 Å². The minimum Gasteiger partial charge on any atom is -0.464 e. The van der Waals surface area contributed by atoms with Crippen molar-refractivity contribution >= 4 is 16.8 Å². The maximum atomic E-state index is 5.82. The van der Waals surface area contributed by atoms with Gasteiger partial charge in [0, 0.05) is 12.7 Å². The van der Waals surface area contributed by atoms with Gasteiger partial charge in [-0.2, -0.15) is 0 Å². The molecule has 3 rings (SSSR count). The van der Waals surface area contributed by atoms with Crippen molar-refractivity contribution in [1.82, 2.24) is 4.98 Å². The molecule has 1 fully saturated rings. The zero-order chi connectivity index (χ0) is 11.0. The molecule has 0 amide bonds. The van der Waals surface area contributed by atoms with Crippen LogP contribution in [0.5, 0.6) is 0 Å². The molecule has 1 aliphatic rings. The fourth-order valence-corrected chi connectivity index (χ4v) is 2.23. The minimum absolute atomic E-state index is 0.0541. The Balaban J connectivity index is 1.96. The van der Waals surface area contributed by atoms with E-state index in [1.54, 1.807) is 12.5 Å². The SMILES string of the molecule is NCC1(Nc2nccc3occc23)CCC1. The molecule has 2 aromatic rings. The Hall–Kier alpha value is -1.55. The third-order valence-corrected chi connectivity index (χ3v) is 3.46. The van der Waals surface area contributed by atoms with E-state index in [0.29, 0.717) is 6.54 Å². The van der Waals surface area contributed by atoms with E-state index in [-0.39, 0.29) is 5.54 Å². The first kappa shape index (κ1) is 9.66. The van der Waals surface area contributed by atoms with E-state index in [9.17, 15) is 0 Å². The Kier molecular flexibility index (Phi) is 2.11. The Morgan fingerprint density at radius 3 is 3.00 bits per heavy atom. The molecule has 0 atom stereocenters. The molecule has 4 nitrogen and oxygen atoms in total. The summed E-state index contributed by atoms with van der Waals surface area (Å²) >= 11 is 0. The lowest BCUT2D eigenvalue weighted by Crippen LogP contribution is -2.51. The van der Waals surface area contributed by atoms with E-state index >= 15 is 0 Å². The van der Waals surface area contributed by atoms with E-state index in [2.05, 4.69) is 10.3 Å². The standard InChI is InChI=1S/C12H15N3O/c13-8-12(4-1-5-12)15-11-9-3-7-16-10(9)2-6-14-11/h2-3,6-7H,1,4-5,8,13H2,(H,14,15). The third-order valence-electron chi connectivity index (χ3n) is 3.46. The summed E-state index contributed by atoms with van der Waals surface area (Å²) in [5.41, 5.74) is 6.74. The van der Waals surface area contributed by atoms with Gasteiger partial charge in [0.1, 0.15) is 11.4 Å². The maximum Gasteiger partial charge on any atom is 0.139 e. The third kappa shape index (κ3) is 1.38. The Morgan fingerprint density at radius 1 is 1.44 bits per heavy atom. The van der Waals surface area contributed by atoms with Crippen LogP contribution in [0.2, 0.25) is 0 Å². The van der Waals surface area contributed by atoms with Gasteiger partial charge >= 0.3 is 0 Å². The summed E-state index contributed by atoms with van der Waals surface area (Å²) < 4.78 is 5.35. The van der Waals surface area contributed by atoms with Crippen molar-refractivity contribution in [3.05, 3.63) is 24.6 Å². The first-order chi connectivity index (χ1) is 7.83. The molecule has 0 radical (unpaired) electrons. The number of hydrogen-bond donors (Lipinski definition) is 2. The van der Waals surface area contributed by atoms with E-state index in [0.717, 1.165) is 29.6 Å². The number of furan rings is 1. The van der Waals surface area contributed by atoms with Gasteiger partial charge in [0.2, 0.25) is 0 Å². The first-order valence-electron chi connectivity index (χ1n) is 5.63. The molecule has 0 aromatic carbocycles. The van der Waals surface area contributed by atoms with Gasteiger partial charge in [-0.1, -0.05) is 0 Å². The number of fused-ring (bicyclic) bond motifs is 1. The van der Waals surface area contributed by atoms with Gasteiger partial charge in [-0.3, -0.25) is 0 Å². The number of rotatable bonds is 3. The van der Waals surface area contributed by atoms with Gasteiger partial charge in [-0.05, 0) is 31.4 Å². The number of nitrogens with two attached hydrogens (primary N) is 1. The van der Waals surface area contributed by atoms with E-state index in [1.165, 1.54) is 6.42 Å². The highest BCUT2D eigenvalue weighted by Gasteiger charge is 2.36. The molecule has 84 valence electrons. The number of nitrogens with one attached hydrogen (secondary N) is 1. The molecule has 1 aliphatic carbocycles. The average molecular weight is 217 g/mol. The van der Waals surface area contributed by atoms with Crippen LogP contribution in [0.15, 0.2) is 29.0 Å². The molecule has 2 aromatic heterocycles. The normalized spacial score (nSPS) is 18.3. The average Bonchev–Trinajstić information content (AvgIpc) is 2.72. The molecule has 0 aliphatic heterocycles. The van der Waals surface area contributed by atoms with Crippen molar-refractivity contribution in [3.8, 4) is 0 Å². The highest BCUT2D eigenvalue weighted by atomic mass is 16.3. The summed E-state index contributed by atoms with van der Waals surface area (Å²) in [4.78, 5) is 4.37. The van der Waals surface area contributed by atoms with Crippen LogP contribution in [0.3, 0.4) is 0 Å². The van der Waals surface area contributed by atoms with Gasteiger partial charge < -0.3 is 15.5 Å². The largest absolute Gasteiger partial charge is 0.464 e. The molecule has 16 heavy (non-hydrogen) atoms. The quantitative estimate of drug-likeness (QED) is 0.826. The van der Waals surface area contributed by atoms with Crippen molar-refractivity contribution in [2.75, 3.05) is 11.9 Å². The summed E-state index contributed by atoms with van der Waals surface area (Å²) in [6.45, 7) is 0.656. The van der Waals surface area contributed by atoms with E-state index in [4.69, 9.17) is 10.2 Å². The summed E-state index contributed by atoms with van der Waals surface area (Å²) in [7, 11) is 0. The number of hydrogen-bond acceptors (Lipinski definition) is 4. The summed E-state index contributed by atoms with van der Waals surface area (Å²) in [6.07, 6.45) is 6.94. The molecule has 3 N–H and O–H groups in total. The van der Waals surface area contributed by atoms with Crippen molar-refractivity contribution in [2.45, 2.75) is 24.8 Å². The van der Waals surface area contributed by atoms with Gasteiger partial charge in [-0.15, -0.1) is 0 Å². The van der Waals surface area contributed by atoms with E-state index in [1.807, 2.05) is 12.1 Å². The van der Waals surface area contributed by atoms with Crippen molar-refractivity contribution in [3.63, 3.8) is 0 Å². The second kappa shape index (κ2) is 3.49. The van der Waals surface area contributed by atoms with Crippen LogP contribution in [0.25, 0.3) is 11.0 Å². The number of aromatic nitrogens is 1.